The molecule has 0 aromatic carbocycles. The van der Waals surface area contributed by atoms with Gasteiger partial charge < -0.3 is 14.9 Å². The average Bonchev–Trinajstić information content (AvgIpc) is 3.03. The lowest BCUT2D eigenvalue weighted by molar-refractivity contribution is -0.126. The first-order chi connectivity index (χ1) is 10.7. The van der Waals surface area contributed by atoms with Crippen LogP contribution < -0.4 is 5.32 Å². The van der Waals surface area contributed by atoms with E-state index < -0.39 is 0 Å². The molecule has 1 heterocycles. The summed E-state index contributed by atoms with van der Waals surface area (Å²) >= 11 is 0. The number of aromatic nitrogens is 2. The third-order valence-corrected chi connectivity index (χ3v) is 4.94. The highest BCUT2D eigenvalue weighted by atomic mass is 16.5. The van der Waals surface area contributed by atoms with Crippen molar-refractivity contribution in [1.82, 2.24) is 15.5 Å². The highest BCUT2D eigenvalue weighted by Gasteiger charge is 2.26. The maximum absolute atomic E-state index is 12.1. The fraction of sp³-hybridized carbons (Fsp3) is 0.812. The molecule has 2 N–H and O–H groups in total. The molecule has 3 rings (SSSR count). The molecular formula is C16H25N3O3. The van der Waals surface area contributed by atoms with Crippen LogP contribution in [0, 0.1) is 5.92 Å². The van der Waals surface area contributed by atoms with Gasteiger partial charge in [0.1, 0.15) is 0 Å². The van der Waals surface area contributed by atoms with Crippen LogP contribution in [0.3, 0.4) is 0 Å². The molecule has 0 unspecified atom stereocenters. The fourth-order valence-electron chi connectivity index (χ4n) is 3.51. The van der Waals surface area contributed by atoms with Crippen LogP contribution in [0.4, 0.5) is 0 Å². The van der Waals surface area contributed by atoms with Gasteiger partial charge in [-0.3, -0.25) is 4.79 Å². The second-order valence-electron chi connectivity index (χ2n) is 6.60. The summed E-state index contributed by atoms with van der Waals surface area (Å²) in [6.07, 6.45) is 8.73. The Morgan fingerprint density at radius 2 is 1.86 bits per heavy atom. The topological polar surface area (TPSA) is 88.3 Å². The monoisotopic (exact) mass is 307 g/mol. The Morgan fingerprint density at radius 3 is 2.59 bits per heavy atom. The Kier molecular flexibility index (Phi) is 5.08. The molecule has 2 saturated carbocycles. The van der Waals surface area contributed by atoms with Crippen molar-refractivity contribution in [3.05, 3.63) is 11.7 Å². The highest BCUT2D eigenvalue weighted by molar-refractivity contribution is 5.78. The fourth-order valence-corrected chi connectivity index (χ4v) is 3.51. The van der Waals surface area contributed by atoms with Crippen molar-refractivity contribution < 1.29 is 14.4 Å². The first kappa shape index (κ1) is 15.5. The van der Waals surface area contributed by atoms with Crippen molar-refractivity contribution in [2.24, 2.45) is 5.92 Å². The molecule has 0 spiro atoms. The zero-order valence-corrected chi connectivity index (χ0v) is 13.0. The second kappa shape index (κ2) is 7.22. The van der Waals surface area contributed by atoms with E-state index in [4.69, 9.17) is 4.52 Å². The molecule has 0 saturated heterocycles. The number of nitrogens with one attached hydrogen (secondary N) is 1. The van der Waals surface area contributed by atoms with Crippen LogP contribution in [0.25, 0.3) is 0 Å². The van der Waals surface area contributed by atoms with Crippen LogP contribution in [0.1, 0.15) is 75.4 Å². The Balaban J connectivity index is 1.47. The zero-order chi connectivity index (χ0) is 15.4. The number of carbonyl (C=O) groups excluding carboxylic acids is 1. The maximum atomic E-state index is 12.1. The van der Waals surface area contributed by atoms with Gasteiger partial charge in [-0.15, -0.1) is 0 Å². The molecule has 0 aliphatic heterocycles. The third kappa shape index (κ3) is 3.85. The molecule has 122 valence electrons. The normalized spacial score (nSPS) is 26.8. The van der Waals surface area contributed by atoms with Crippen LogP contribution in [0.5, 0.6) is 0 Å². The lowest BCUT2D eigenvalue weighted by atomic mass is 9.87. The summed E-state index contributed by atoms with van der Waals surface area (Å²) < 4.78 is 5.26. The number of hydrogen-bond donors (Lipinski definition) is 2. The van der Waals surface area contributed by atoms with Crippen LogP contribution >= 0.6 is 0 Å². The molecule has 0 bridgehead atoms. The molecule has 22 heavy (non-hydrogen) atoms. The number of rotatable bonds is 4. The van der Waals surface area contributed by atoms with Gasteiger partial charge in [0.05, 0.1) is 12.6 Å². The van der Waals surface area contributed by atoms with Gasteiger partial charge in [0.15, 0.2) is 5.82 Å². The molecule has 0 radical (unpaired) electrons. The Bertz CT molecular complexity index is 489. The van der Waals surface area contributed by atoms with E-state index in [-0.39, 0.29) is 17.9 Å². The van der Waals surface area contributed by atoms with Gasteiger partial charge in [0, 0.05) is 11.8 Å². The molecule has 2 aliphatic rings. The molecule has 1 aromatic heterocycles. The van der Waals surface area contributed by atoms with Crippen LogP contribution in [-0.4, -0.2) is 27.3 Å². The number of nitrogens with zero attached hydrogens (tertiary/aromatic N) is 2. The minimum absolute atomic E-state index is 0.00383. The summed E-state index contributed by atoms with van der Waals surface area (Å²) in [7, 11) is 0. The first-order valence-corrected chi connectivity index (χ1v) is 8.50. The van der Waals surface area contributed by atoms with Gasteiger partial charge >= 0.3 is 0 Å². The number of aliphatic hydroxyl groups is 1. The van der Waals surface area contributed by atoms with Gasteiger partial charge in [-0.1, -0.05) is 24.4 Å². The minimum atomic E-state index is -0.238. The smallest absolute Gasteiger partial charge is 0.246 e. The van der Waals surface area contributed by atoms with Crippen molar-refractivity contribution in [3.63, 3.8) is 0 Å². The zero-order valence-electron chi connectivity index (χ0n) is 13.0. The van der Waals surface area contributed by atoms with E-state index in [1.165, 1.54) is 19.3 Å². The van der Waals surface area contributed by atoms with Gasteiger partial charge in [0.25, 0.3) is 0 Å². The quantitative estimate of drug-likeness (QED) is 0.891. The Morgan fingerprint density at radius 1 is 1.14 bits per heavy atom. The summed E-state index contributed by atoms with van der Waals surface area (Å²) in [4.78, 5) is 16.5. The van der Waals surface area contributed by atoms with E-state index in [1.54, 1.807) is 0 Å². The molecular weight excluding hydrogens is 282 g/mol. The molecule has 2 aliphatic carbocycles. The van der Waals surface area contributed by atoms with E-state index in [9.17, 15) is 9.90 Å². The lowest BCUT2D eigenvalue weighted by Crippen LogP contribution is -2.33. The van der Waals surface area contributed by atoms with Crippen molar-refractivity contribution in [2.45, 2.75) is 76.4 Å². The lowest BCUT2D eigenvalue weighted by Gasteiger charge is -2.24. The number of hydrogen-bond acceptors (Lipinski definition) is 5. The molecule has 1 amide bonds. The van der Waals surface area contributed by atoms with Gasteiger partial charge in [0.2, 0.25) is 11.8 Å². The third-order valence-electron chi connectivity index (χ3n) is 4.94. The minimum Gasteiger partial charge on any atom is -0.393 e. The van der Waals surface area contributed by atoms with Crippen LogP contribution in [0.2, 0.25) is 0 Å². The van der Waals surface area contributed by atoms with Crippen LogP contribution in [-0.2, 0) is 11.3 Å². The Hall–Kier alpha value is -1.43. The number of aliphatic hydroxyl groups excluding tert-OH is 1. The van der Waals surface area contributed by atoms with Crippen molar-refractivity contribution in [3.8, 4) is 0 Å². The molecule has 6 nitrogen and oxygen atoms in total. The number of amides is 1. The summed E-state index contributed by atoms with van der Waals surface area (Å²) in [6.45, 7) is 0.303. The van der Waals surface area contributed by atoms with E-state index >= 15 is 0 Å². The van der Waals surface area contributed by atoms with Gasteiger partial charge in [-0.2, -0.15) is 4.98 Å². The summed E-state index contributed by atoms with van der Waals surface area (Å²) in [5.74, 6) is 1.74. The van der Waals surface area contributed by atoms with E-state index in [0.717, 1.165) is 31.5 Å². The molecule has 2 fully saturated rings. The van der Waals surface area contributed by atoms with Crippen molar-refractivity contribution in [1.29, 1.82) is 0 Å². The molecule has 1 aromatic rings. The predicted octanol–water partition coefficient (Wildman–Crippen LogP) is 2.28. The largest absolute Gasteiger partial charge is 0.393 e. The Labute approximate surface area is 130 Å². The van der Waals surface area contributed by atoms with E-state index in [2.05, 4.69) is 15.5 Å². The van der Waals surface area contributed by atoms with E-state index in [1.807, 2.05) is 0 Å². The second-order valence-corrected chi connectivity index (χ2v) is 6.60. The van der Waals surface area contributed by atoms with Gasteiger partial charge in [-0.05, 0) is 38.5 Å². The highest BCUT2D eigenvalue weighted by Crippen LogP contribution is 2.30. The van der Waals surface area contributed by atoms with Crippen molar-refractivity contribution >= 4 is 5.91 Å². The van der Waals surface area contributed by atoms with E-state index in [0.29, 0.717) is 31.2 Å². The summed E-state index contributed by atoms with van der Waals surface area (Å²) in [5.41, 5.74) is 0. The molecule has 6 heteroatoms. The maximum Gasteiger partial charge on any atom is 0.246 e. The van der Waals surface area contributed by atoms with Crippen molar-refractivity contribution in [2.75, 3.05) is 0 Å². The standard InChI is InChI=1S/C16H25N3O3/c20-13-8-6-12(7-9-13)16(21)17-10-14-18-15(19-22-14)11-4-2-1-3-5-11/h11-13,20H,1-10H2,(H,17,21). The predicted molar refractivity (Wildman–Crippen MR) is 79.9 cm³/mol. The average molecular weight is 307 g/mol. The summed E-state index contributed by atoms with van der Waals surface area (Å²) in [6, 6.07) is 0. The molecule has 0 atom stereocenters. The summed E-state index contributed by atoms with van der Waals surface area (Å²) in [5, 5.41) is 16.4. The number of carbonyl (C=O) groups is 1. The van der Waals surface area contributed by atoms with Crippen LogP contribution in [0.15, 0.2) is 4.52 Å². The van der Waals surface area contributed by atoms with Gasteiger partial charge in [-0.25, -0.2) is 0 Å². The first-order valence-electron chi connectivity index (χ1n) is 8.50. The SMILES string of the molecule is O=C(NCc1nc(C2CCCCC2)no1)C1CCC(O)CC1.